The number of hydrogen-bond acceptors (Lipinski definition) is 4. The van der Waals surface area contributed by atoms with Crippen LogP contribution in [0.3, 0.4) is 0 Å². The van der Waals surface area contributed by atoms with E-state index >= 15 is 0 Å². The van der Waals surface area contributed by atoms with E-state index in [9.17, 15) is 4.79 Å². The van der Waals surface area contributed by atoms with Crippen LogP contribution >= 0.6 is 0 Å². The number of benzene rings is 1. The lowest BCUT2D eigenvalue weighted by atomic mass is 10.1. The number of nitrogens with zero attached hydrogens (tertiary/aromatic N) is 3. The second-order valence-corrected chi connectivity index (χ2v) is 5.59. The maximum absolute atomic E-state index is 12.2. The van der Waals surface area contributed by atoms with Crippen molar-refractivity contribution in [1.82, 2.24) is 20.1 Å². The van der Waals surface area contributed by atoms with Gasteiger partial charge < -0.3 is 10.1 Å². The Kier molecular flexibility index (Phi) is 5.53. The van der Waals surface area contributed by atoms with Gasteiger partial charge in [-0.25, -0.2) is 0 Å². The fourth-order valence-corrected chi connectivity index (χ4v) is 2.52. The van der Waals surface area contributed by atoms with Gasteiger partial charge in [0.1, 0.15) is 12.2 Å². The third kappa shape index (κ3) is 4.51. The summed E-state index contributed by atoms with van der Waals surface area (Å²) in [6.07, 6.45) is 3.50. The van der Waals surface area contributed by atoms with Crippen molar-refractivity contribution in [2.24, 2.45) is 0 Å². The number of aromatic nitrogens is 3. The predicted molar refractivity (Wildman–Crippen MR) is 94.5 cm³/mol. The van der Waals surface area contributed by atoms with Crippen LogP contribution in [0.4, 0.5) is 0 Å². The van der Waals surface area contributed by atoms with E-state index in [1.807, 2.05) is 48.5 Å². The van der Waals surface area contributed by atoms with Gasteiger partial charge in [0.25, 0.3) is 0 Å². The predicted octanol–water partition coefficient (Wildman–Crippen LogP) is 2.41. The van der Waals surface area contributed by atoms with Crippen molar-refractivity contribution in [2.45, 2.75) is 19.7 Å². The summed E-state index contributed by atoms with van der Waals surface area (Å²) in [5.74, 6) is -0.0945. The normalized spacial score (nSPS) is 10.6. The molecule has 0 aliphatic rings. The molecule has 1 amide bonds. The zero-order valence-corrected chi connectivity index (χ0v) is 14.1. The van der Waals surface area contributed by atoms with Crippen molar-refractivity contribution < 1.29 is 9.53 Å². The third-order valence-electron chi connectivity index (χ3n) is 3.77. The average molecular weight is 336 g/mol. The maximum Gasteiger partial charge on any atom is 0.241 e. The summed E-state index contributed by atoms with van der Waals surface area (Å²) in [7, 11) is 1.66. The van der Waals surface area contributed by atoms with Crippen LogP contribution < -0.4 is 5.32 Å². The van der Waals surface area contributed by atoms with Crippen molar-refractivity contribution in [2.75, 3.05) is 7.11 Å². The summed E-state index contributed by atoms with van der Waals surface area (Å²) in [5, 5.41) is 7.32. The second kappa shape index (κ2) is 8.21. The van der Waals surface area contributed by atoms with Crippen LogP contribution in [0.25, 0.3) is 11.4 Å². The number of methoxy groups -OCH3 is 1. The van der Waals surface area contributed by atoms with Crippen LogP contribution in [0.15, 0.2) is 60.9 Å². The zero-order chi connectivity index (χ0) is 17.5. The highest BCUT2D eigenvalue weighted by molar-refractivity contribution is 5.75. The van der Waals surface area contributed by atoms with Crippen molar-refractivity contribution in [3.63, 3.8) is 0 Å². The summed E-state index contributed by atoms with van der Waals surface area (Å²) in [4.78, 5) is 16.4. The van der Waals surface area contributed by atoms with Crippen molar-refractivity contribution in [1.29, 1.82) is 0 Å². The number of amides is 1. The molecular weight excluding hydrogens is 316 g/mol. The Hall–Kier alpha value is -2.99. The monoisotopic (exact) mass is 336 g/mol. The molecule has 25 heavy (non-hydrogen) atoms. The molecule has 1 N–H and O–H groups in total. The Balaban J connectivity index is 1.58. The van der Waals surface area contributed by atoms with Crippen LogP contribution in [0.1, 0.15) is 11.1 Å². The molecule has 2 aromatic heterocycles. The van der Waals surface area contributed by atoms with Gasteiger partial charge in [0, 0.05) is 26.0 Å². The van der Waals surface area contributed by atoms with Gasteiger partial charge in [0.15, 0.2) is 0 Å². The van der Waals surface area contributed by atoms with Gasteiger partial charge in [0.05, 0.1) is 12.3 Å². The Morgan fingerprint density at radius 2 is 1.88 bits per heavy atom. The highest BCUT2D eigenvalue weighted by atomic mass is 16.5. The van der Waals surface area contributed by atoms with Gasteiger partial charge in [-0.1, -0.05) is 30.3 Å². The smallest absolute Gasteiger partial charge is 0.241 e. The number of nitrogens with one attached hydrogen (secondary N) is 1. The number of carbonyl (C=O) groups is 1. The number of ether oxygens (including phenoxy) is 1. The molecule has 0 aliphatic heterocycles. The lowest BCUT2D eigenvalue weighted by Crippen LogP contribution is -2.27. The SMILES string of the molecule is COCc1ccccc1CNC(=O)Cn1ccc(-c2ccccn2)n1. The van der Waals surface area contributed by atoms with E-state index in [-0.39, 0.29) is 12.5 Å². The van der Waals surface area contributed by atoms with Gasteiger partial charge in [0.2, 0.25) is 5.91 Å². The molecule has 0 fully saturated rings. The van der Waals surface area contributed by atoms with E-state index in [1.54, 1.807) is 24.2 Å². The Bertz CT molecular complexity index is 830. The molecule has 0 saturated heterocycles. The Morgan fingerprint density at radius 1 is 1.08 bits per heavy atom. The van der Waals surface area contributed by atoms with Gasteiger partial charge in [-0.05, 0) is 29.3 Å². The largest absolute Gasteiger partial charge is 0.380 e. The van der Waals surface area contributed by atoms with E-state index in [1.165, 1.54) is 0 Å². The lowest BCUT2D eigenvalue weighted by Gasteiger charge is -2.10. The Morgan fingerprint density at radius 3 is 2.64 bits per heavy atom. The van der Waals surface area contributed by atoms with Crippen LogP contribution in [-0.2, 0) is 29.2 Å². The molecule has 3 rings (SSSR count). The third-order valence-corrected chi connectivity index (χ3v) is 3.77. The molecule has 0 bridgehead atoms. The molecule has 0 radical (unpaired) electrons. The summed E-state index contributed by atoms with van der Waals surface area (Å²) in [5.41, 5.74) is 3.66. The highest BCUT2D eigenvalue weighted by Gasteiger charge is 2.08. The number of carbonyl (C=O) groups excluding carboxylic acids is 1. The maximum atomic E-state index is 12.2. The van der Waals surface area contributed by atoms with Crippen LogP contribution in [0.5, 0.6) is 0 Å². The molecule has 128 valence electrons. The molecule has 6 nitrogen and oxygen atoms in total. The average Bonchev–Trinajstić information content (AvgIpc) is 3.10. The Labute approximate surface area is 146 Å². The van der Waals surface area contributed by atoms with Gasteiger partial charge in [-0.3, -0.25) is 14.5 Å². The fourth-order valence-electron chi connectivity index (χ4n) is 2.52. The van der Waals surface area contributed by atoms with E-state index in [0.717, 1.165) is 22.5 Å². The highest BCUT2D eigenvalue weighted by Crippen LogP contribution is 2.13. The molecule has 0 aliphatic carbocycles. The quantitative estimate of drug-likeness (QED) is 0.719. The first-order chi connectivity index (χ1) is 12.3. The summed E-state index contributed by atoms with van der Waals surface area (Å²) in [6.45, 7) is 1.16. The topological polar surface area (TPSA) is 69.0 Å². The van der Waals surface area contributed by atoms with Crippen LogP contribution in [-0.4, -0.2) is 27.8 Å². The van der Waals surface area contributed by atoms with Crippen molar-refractivity contribution in [3.8, 4) is 11.4 Å². The van der Waals surface area contributed by atoms with Crippen LogP contribution in [0.2, 0.25) is 0 Å². The van der Waals surface area contributed by atoms with E-state index in [4.69, 9.17) is 4.74 Å². The minimum Gasteiger partial charge on any atom is -0.380 e. The lowest BCUT2D eigenvalue weighted by molar-refractivity contribution is -0.122. The van der Waals surface area contributed by atoms with Crippen molar-refractivity contribution in [3.05, 3.63) is 72.1 Å². The van der Waals surface area contributed by atoms with E-state index in [2.05, 4.69) is 15.4 Å². The minimum absolute atomic E-state index is 0.0945. The first-order valence-corrected chi connectivity index (χ1v) is 8.03. The number of rotatable bonds is 7. The first-order valence-electron chi connectivity index (χ1n) is 8.03. The molecule has 3 aromatic rings. The molecule has 6 heteroatoms. The molecule has 0 atom stereocenters. The molecule has 1 aromatic carbocycles. The van der Waals surface area contributed by atoms with E-state index < -0.39 is 0 Å². The standard InChI is InChI=1S/C19H20N4O2/c1-25-14-16-7-3-2-6-15(16)12-21-19(24)13-23-11-9-18(22-23)17-8-4-5-10-20-17/h2-11H,12-14H2,1H3,(H,21,24). The van der Waals surface area contributed by atoms with Gasteiger partial charge in [-0.15, -0.1) is 0 Å². The van der Waals surface area contributed by atoms with Gasteiger partial charge >= 0.3 is 0 Å². The number of pyridine rings is 1. The summed E-state index contributed by atoms with van der Waals surface area (Å²) < 4.78 is 6.79. The zero-order valence-electron chi connectivity index (χ0n) is 14.1. The minimum atomic E-state index is -0.0945. The summed E-state index contributed by atoms with van der Waals surface area (Å²) in [6, 6.07) is 15.4. The number of hydrogen-bond donors (Lipinski definition) is 1. The molecule has 2 heterocycles. The fraction of sp³-hybridized carbons (Fsp3) is 0.211. The molecule has 0 unspecified atom stereocenters. The van der Waals surface area contributed by atoms with Gasteiger partial charge in [-0.2, -0.15) is 5.10 Å². The van der Waals surface area contributed by atoms with Crippen LogP contribution in [0, 0.1) is 0 Å². The molecular formula is C19H20N4O2. The van der Waals surface area contributed by atoms with E-state index in [0.29, 0.717) is 13.2 Å². The van der Waals surface area contributed by atoms with Crippen molar-refractivity contribution >= 4 is 5.91 Å². The molecule has 0 spiro atoms. The summed E-state index contributed by atoms with van der Waals surface area (Å²) >= 11 is 0. The first kappa shape index (κ1) is 16.9. The molecule has 0 saturated carbocycles. The second-order valence-electron chi connectivity index (χ2n) is 5.59.